The third-order valence-corrected chi connectivity index (χ3v) is 9.06. The molecule has 3 aromatic heterocycles. The van der Waals surface area contributed by atoms with Gasteiger partial charge in [0.15, 0.2) is 5.65 Å². The molecular weight excluding hydrogens is 590 g/mol. The van der Waals surface area contributed by atoms with Crippen molar-refractivity contribution in [2.24, 2.45) is 0 Å². The minimum absolute atomic E-state index is 0.318. The van der Waals surface area contributed by atoms with Crippen LogP contribution < -0.4 is 10.5 Å². The van der Waals surface area contributed by atoms with E-state index < -0.39 is 0 Å². The Kier molecular flexibility index (Phi) is 6.89. The second-order valence-electron chi connectivity index (χ2n) is 12.2. The smallest absolute Gasteiger partial charge is 0.163 e. The molecule has 0 bridgehead atoms. The predicted octanol–water partition coefficient (Wildman–Crippen LogP) is 10.0. The van der Waals surface area contributed by atoms with Crippen LogP contribution in [0.3, 0.4) is 0 Å². The van der Waals surface area contributed by atoms with Crippen LogP contribution in [-0.2, 0) is 0 Å². The van der Waals surface area contributed by atoms with Crippen LogP contribution in [-0.4, -0.2) is 22.1 Å². The average molecular weight is 622 g/mol. The van der Waals surface area contributed by atoms with Crippen molar-refractivity contribution in [3.05, 3.63) is 132 Å². The Morgan fingerprint density at radius 2 is 1.46 bits per heavy atom. The molecule has 8 aromatic rings. The first kappa shape index (κ1) is 29.0. The summed E-state index contributed by atoms with van der Waals surface area (Å²) in [6.45, 7) is 4.13. The Labute approximate surface area is 278 Å². The van der Waals surface area contributed by atoms with Gasteiger partial charge >= 0.3 is 0 Å². The van der Waals surface area contributed by atoms with E-state index in [4.69, 9.17) is 20.4 Å². The summed E-state index contributed by atoms with van der Waals surface area (Å²) in [5.41, 5.74) is 18.2. The molecule has 0 fully saturated rings. The third-order valence-electron chi connectivity index (χ3n) is 9.06. The number of pyridine rings is 2. The highest BCUT2D eigenvalue weighted by molar-refractivity contribution is 6.10. The third kappa shape index (κ3) is 4.81. The van der Waals surface area contributed by atoms with Crippen molar-refractivity contribution in [3.63, 3.8) is 0 Å². The zero-order valence-electron chi connectivity index (χ0n) is 26.8. The number of anilines is 1. The number of rotatable bonds is 5. The Bertz CT molecular complexity index is 2580. The van der Waals surface area contributed by atoms with Crippen LogP contribution in [0.1, 0.15) is 16.7 Å². The Morgan fingerprint density at radius 1 is 0.729 bits per heavy atom. The maximum atomic E-state index is 10.7. The zero-order valence-corrected chi connectivity index (χ0v) is 26.8. The van der Waals surface area contributed by atoms with Gasteiger partial charge in [-0.2, -0.15) is 5.26 Å². The van der Waals surface area contributed by atoms with E-state index in [1.165, 1.54) is 0 Å². The molecule has 3 heterocycles. The SMILES string of the molecule is COc1ccc2cc(-c3cc(-c4ccc(C)cc4)nc4nc(-c5c(-c6ccccc6)[nH]c6ccc(C)cc56)c(C#N)c(N)c34)ccc2c1. The molecule has 0 aliphatic carbocycles. The second kappa shape index (κ2) is 11.4. The number of aromatic amines is 1. The second-order valence-corrected chi connectivity index (χ2v) is 12.2. The van der Waals surface area contributed by atoms with E-state index in [0.717, 1.165) is 77.8 Å². The molecule has 6 nitrogen and oxygen atoms in total. The van der Waals surface area contributed by atoms with Crippen LogP contribution >= 0.6 is 0 Å². The maximum Gasteiger partial charge on any atom is 0.163 e. The maximum absolute atomic E-state index is 10.7. The van der Waals surface area contributed by atoms with E-state index >= 15 is 0 Å². The van der Waals surface area contributed by atoms with E-state index in [9.17, 15) is 5.26 Å². The van der Waals surface area contributed by atoms with Gasteiger partial charge in [-0.15, -0.1) is 0 Å². The molecule has 5 aromatic carbocycles. The largest absolute Gasteiger partial charge is 0.497 e. The highest BCUT2D eigenvalue weighted by atomic mass is 16.5. The van der Waals surface area contributed by atoms with Gasteiger partial charge in [-0.3, -0.25) is 0 Å². The molecule has 0 aliphatic rings. The van der Waals surface area contributed by atoms with Crippen molar-refractivity contribution in [2.45, 2.75) is 13.8 Å². The van der Waals surface area contributed by atoms with Crippen LogP contribution in [0.15, 0.2) is 115 Å². The molecule has 0 saturated heterocycles. The van der Waals surface area contributed by atoms with Crippen molar-refractivity contribution in [1.82, 2.24) is 15.0 Å². The number of nitrogen functional groups attached to an aromatic ring is 1. The molecule has 3 N–H and O–H groups in total. The van der Waals surface area contributed by atoms with Crippen molar-refractivity contribution >= 4 is 38.4 Å². The molecule has 230 valence electrons. The Morgan fingerprint density at radius 3 is 2.23 bits per heavy atom. The number of nitrogens with one attached hydrogen (secondary N) is 1. The first-order chi connectivity index (χ1) is 23.4. The van der Waals surface area contributed by atoms with Crippen molar-refractivity contribution in [1.29, 1.82) is 5.26 Å². The van der Waals surface area contributed by atoms with E-state index in [2.05, 4.69) is 104 Å². The highest BCUT2D eigenvalue weighted by Crippen LogP contribution is 2.44. The van der Waals surface area contributed by atoms with Crippen LogP contribution in [0.5, 0.6) is 5.75 Å². The minimum atomic E-state index is 0.318. The summed E-state index contributed by atoms with van der Waals surface area (Å²) in [4.78, 5) is 14.0. The summed E-state index contributed by atoms with van der Waals surface area (Å²) in [6, 6.07) is 41.5. The molecule has 0 saturated carbocycles. The molecular formula is C42H31N5O. The normalized spacial score (nSPS) is 11.3. The van der Waals surface area contributed by atoms with Gasteiger partial charge in [0.05, 0.1) is 35.3 Å². The van der Waals surface area contributed by atoms with Crippen molar-refractivity contribution in [3.8, 4) is 56.7 Å². The van der Waals surface area contributed by atoms with Crippen molar-refractivity contribution < 1.29 is 4.74 Å². The zero-order chi connectivity index (χ0) is 32.9. The lowest BCUT2D eigenvalue weighted by molar-refractivity contribution is 0.415. The summed E-state index contributed by atoms with van der Waals surface area (Å²) < 4.78 is 5.45. The van der Waals surface area contributed by atoms with Crippen LogP contribution in [0.2, 0.25) is 0 Å². The fourth-order valence-corrected chi connectivity index (χ4v) is 6.58. The van der Waals surface area contributed by atoms with E-state index in [-0.39, 0.29) is 0 Å². The number of hydrogen-bond donors (Lipinski definition) is 2. The summed E-state index contributed by atoms with van der Waals surface area (Å²) in [5, 5.41) is 14.5. The Hall–Kier alpha value is -6.45. The van der Waals surface area contributed by atoms with E-state index in [1.807, 2.05) is 36.4 Å². The number of benzene rings is 5. The quantitative estimate of drug-likeness (QED) is 0.199. The van der Waals surface area contributed by atoms with Gasteiger partial charge in [0, 0.05) is 22.0 Å². The number of fused-ring (bicyclic) bond motifs is 3. The van der Waals surface area contributed by atoms with Gasteiger partial charge in [-0.1, -0.05) is 90.0 Å². The molecule has 6 heteroatoms. The standard InChI is InChI=1S/C42H31N5O/c1-24-9-12-26(13-10-24)36-22-32(30-15-14-29-21-31(48-3)17-16-28(29)20-30)37-39(44)34(23-43)41(47-42(37)46-36)38-33-19-25(2)11-18-35(33)45-40(38)27-7-5-4-6-8-27/h4-22,45H,1-3H3,(H2,44,46,47). The Balaban J connectivity index is 1.46. The number of aryl methyl sites for hydroxylation is 2. The van der Waals surface area contributed by atoms with Gasteiger partial charge in [0.1, 0.15) is 17.4 Å². The minimum Gasteiger partial charge on any atom is -0.497 e. The lowest BCUT2D eigenvalue weighted by Gasteiger charge is -2.16. The van der Waals surface area contributed by atoms with E-state index in [0.29, 0.717) is 28.0 Å². The number of aromatic nitrogens is 3. The van der Waals surface area contributed by atoms with Gasteiger partial charge in [0.2, 0.25) is 0 Å². The lowest BCUT2D eigenvalue weighted by atomic mass is 9.93. The van der Waals surface area contributed by atoms with Gasteiger partial charge in [0.25, 0.3) is 0 Å². The predicted molar refractivity (Wildman–Crippen MR) is 196 cm³/mol. The lowest BCUT2D eigenvalue weighted by Crippen LogP contribution is -2.03. The first-order valence-corrected chi connectivity index (χ1v) is 15.8. The van der Waals surface area contributed by atoms with E-state index in [1.54, 1.807) is 7.11 Å². The molecule has 8 rings (SSSR count). The molecule has 0 amide bonds. The number of nitriles is 1. The summed E-state index contributed by atoms with van der Waals surface area (Å²) in [7, 11) is 1.67. The number of nitrogens with two attached hydrogens (primary N) is 1. The number of ether oxygens (including phenoxy) is 1. The number of hydrogen-bond acceptors (Lipinski definition) is 5. The summed E-state index contributed by atoms with van der Waals surface area (Å²) >= 11 is 0. The average Bonchev–Trinajstić information content (AvgIpc) is 3.49. The van der Waals surface area contributed by atoms with Gasteiger partial charge < -0.3 is 15.5 Å². The van der Waals surface area contributed by atoms with Crippen LogP contribution in [0, 0.1) is 25.2 Å². The molecule has 0 atom stereocenters. The molecule has 48 heavy (non-hydrogen) atoms. The van der Waals surface area contributed by atoms with Crippen molar-refractivity contribution in [2.75, 3.05) is 12.8 Å². The summed E-state index contributed by atoms with van der Waals surface area (Å²) in [6.07, 6.45) is 0. The number of nitrogens with zero attached hydrogens (tertiary/aromatic N) is 3. The molecule has 0 unspecified atom stereocenters. The highest BCUT2D eigenvalue weighted by Gasteiger charge is 2.25. The van der Waals surface area contributed by atoms with Crippen LogP contribution in [0.25, 0.3) is 77.6 Å². The van der Waals surface area contributed by atoms with Crippen LogP contribution in [0.4, 0.5) is 5.69 Å². The first-order valence-electron chi connectivity index (χ1n) is 15.8. The van der Waals surface area contributed by atoms with Gasteiger partial charge in [-0.05, 0) is 77.7 Å². The molecule has 0 aliphatic heterocycles. The van der Waals surface area contributed by atoms with Gasteiger partial charge in [-0.25, -0.2) is 9.97 Å². The fourth-order valence-electron chi connectivity index (χ4n) is 6.58. The number of methoxy groups -OCH3 is 1. The summed E-state index contributed by atoms with van der Waals surface area (Å²) in [5.74, 6) is 0.799. The molecule has 0 radical (unpaired) electrons. The monoisotopic (exact) mass is 621 g/mol. The molecule has 0 spiro atoms. The topological polar surface area (TPSA) is 101 Å². The fraction of sp³-hybridized carbons (Fsp3) is 0.0714. The number of H-pyrrole nitrogens is 1.